The molecule has 2 N–H and O–H groups in total. The summed E-state index contributed by atoms with van der Waals surface area (Å²) in [5.74, 6) is 0.270. The lowest BCUT2D eigenvalue weighted by molar-refractivity contribution is 0.120. The molecule has 2 aliphatic rings. The van der Waals surface area contributed by atoms with Crippen LogP contribution in [0.2, 0.25) is 0 Å². The number of halogens is 1. The minimum absolute atomic E-state index is 0.150. The largest absolute Gasteiger partial charge is 0.324 e. The molecule has 3 rings (SSSR count). The maximum absolute atomic E-state index is 13.8. The molecular weight excluding hydrogens is 227 g/mol. The van der Waals surface area contributed by atoms with E-state index in [4.69, 9.17) is 5.73 Å². The third kappa shape index (κ3) is 1.95. The number of hydrogen-bond donors (Lipinski definition) is 1. The van der Waals surface area contributed by atoms with Crippen LogP contribution in [-0.2, 0) is 0 Å². The van der Waals surface area contributed by atoms with Gasteiger partial charge in [-0.2, -0.15) is 0 Å². The summed E-state index contributed by atoms with van der Waals surface area (Å²) < 4.78 is 13.8. The summed E-state index contributed by atoms with van der Waals surface area (Å²) in [5, 5.41) is 0. The van der Waals surface area contributed by atoms with Crippen LogP contribution >= 0.6 is 0 Å². The van der Waals surface area contributed by atoms with Crippen LogP contribution in [0, 0.1) is 11.7 Å². The van der Waals surface area contributed by atoms with E-state index in [1.807, 2.05) is 12.1 Å². The Morgan fingerprint density at radius 3 is 2.44 bits per heavy atom. The fraction of sp³-hybridized carbons (Fsp3) is 0.600. The third-order valence-corrected chi connectivity index (χ3v) is 4.91. The van der Waals surface area contributed by atoms with Crippen molar-refractivity contribution in [1.29, 1.82) is 0 Å². The first-order valence-corrected chi connectivity index (χ1v) is 6.88. The lowest BCUT2D eigenvalue weighted by Crippen LogP contribution is -2.42. The Bertz CT molecular complexity index is 420. The van der Waals surface area contributed by atoms with Crippen molar-refractivity contribution in [3.05, 3.63) is 35.6 Å². The van der Waals surface area contributed by atoms with Crippen LogP contribution in [0.4, 0.5) is 4.39 Å². The summed E-state index contributed by atoms with van der Waals surface area (Å²) in [6.45, 7) is 0. The van der Waals surface area contributed by atoms with Crippen LogP contribution in [-0.4, -0.2) is 24.0 Å². The molecule has 2 aliphatic heterocycles. The molecule has 0 radical (unpaired) electrons. The van der Waals surface area contributed by atoms with Crippen LogP contribution in [0.3, 0.4) is 0 Å². The van der Waals surface area contributed by atoms with Gasteiger partial charge in [-0.1, -0.05) is 18.2 Å². The minimum atomic E-state index is -0.156. The van der Waals surface area contributed by atoms with Gasteiger partial charge in [-0.3, -0.25) is 0 Å². The number of nitrogens with zero attached hydrogens (tertiary/aromatic N) is 1. The van der Waals surface area contributed by atoms with E-state index < -0.39 is 0 Å². The Balaban J connectivity index is 1.78. The molecule has 1 aromatic rings. The van der Waals surface area contributed by atoms with Crippen molar-refractivity contribution in [2.45, 2.75) is 43.8 Å². The fourth-order valence-corrected chi connectivity index (χ4v) is 3.75. The molecule has 0 aromatic heterocycles. The Hall–Kier alpha value is -0.930. The van der Waals surface area contributed by atoms with Gasteiger partial charge in [0.15, 0.2) is 0 Å². The molecule has 0 amide bonds. The van der Waals surface area contributed by atoms with Gasteiger partial charge in [-0.25, -0.2) is 4.39 Å². The number of benzene rings is 1. The van der Waals surface area contributed by atoms with Gasteiger partial charge in [0.25, 0.3) is 0 Å². The fourth-order valence-electron chi connectivity index (χ4n) is 3.75. The molecule has 0 saturated carbocycles. The van der Waals surface area contributed by atoms with Gasteiger partial charge in [0.05, 0.1) is 0 Å². The summed E-state index contributed by atoms with van der Waals surface area (Å²) in [4.78, 5) is 2.49. The van der Waals surface area contributed by atoms with E-state index in [-0.39, 0.29) is 11.9 Å². The van der Waals surface area contributed by atoms with Gasteiger partial charge < -0.3 is 10.6 Å². The van der Waals surface area contributed by atoms with Crippen molar-refractivity contribution in [3.63, 3.8) is 0 Å². The highest BCUT2D eigenvalue weighted by atomic mass is 19.1. The lowest BCUT2D eigenvalue weighted by atomic mass is 9.82. The number of rotatable bonds is 2. The van der Waals surface area contributed by atoms with E-state index in [2.05, 4.69) is 11.9 Å². The topological polar surface area (TPSA) is 29.3 Å². The van der Waals surface area contributed by atoms with E-state index in [9.17, 15) is 4.39 Å². The molecule has 98 valence electrons. The standard InChI is InChI=1S/C15H21FN2/c1-18-11-6-7-12(18)9-10(8-11)15(17)13-4-2-3-5-14(13)16/h2-5,10-12,15H,6-9,17H2,1H3. The first-order chi connectivity index (χ1) is 8.66. The second kappa shape index (κ2) is 4.63. The Morgan fingerprint density at radius 1 is 1.22 bits per heavy atom. The summed E-state index contributed by atoms with van der Waals surface area (Å²) in [6.07, 6.45) is 4.79. The zero-order valence-corrected chi connectivity index (χ0v) is 10.8. The summed E-state index contributed by atoms with van der Waals surface area (Å²) in [5.41, 5.74) is 7.00. The van der Waals surface area contributed by atoms with Crippen LogP contribution in [0.25, 0.3) is 0 Å². The lowest BCUT2D eigenvalue weighted by Gasteiger charge is -2.38. The molecule has 3 heteroatoms. The summed E-state index contributed by atoms with van der Waals surface area (Å²) in [7, 11) is 2.22. The molecule has 2 fully saturated rings. The second-order valence-corrected chi connectivity index (χ2v) is 5.83. The number of fused-ring (bicyclic) bond motifs is 2. The SMILES string of the molecule is CN1C2CCC1CC(C(N)c1ccccc1F)C2. The molecule has 18 heavy (non-hydrogen) atoms. The normalized spacial score (nSPS) is 33.6. The van der Waals surface area contributed by atoms with E-state index in [1.165, 1.54) is 18.9 Å². The van der Waals surface area contributed by atoms with Crippen LogP contribution < -0.4 is 5.73 Å². The zero-order chi connectivity index (χ0) is 12.7. The van der Waals surface area contributed by atoms with E-state index in [0.29, 0.717) is 23.6 Å². The molecule has 0 spiro atoms. The average Bonchev–Trinajstić information content (AvgIpc) is 2.61. The van der Waals surface area contributed by atoms with Crippen molar-refractivity contribution in [2.75, 3.05) is 7.05 Å². The molecule has 1 aromatic carbocycles. The maximum Gasteiger partial charge on any atom is 0.127 e. The first kappa shape index (κ1) is 12.1. The molecule has 3 atom stereocenters. The van der Waals surface area contributed by atoms with Crippen molar-refractivity contribution in [2.24, 2.45) is 11.7 Å². The van der Waals surface area contributed by atoms with Crippen LogP contribution in [0.1, 0.15) is 37.3 Å². The number of piperidine rings is 1. The predicted molar refractivity (Wildman–Crippen MR) is 70.6 cm³/mol. The Kier molecular flexibility index (Phi) is 3.12. The molecule has 2 heterocycles. The highest BCUT2D eigenvalue weighted by Gasteiger charge is 2.40. The van der Waals surface area contributed by atoms with Crippen LogP contribution in [0.15, 0.2) is 24.3 Å². The molecule has 2 bridgehead atoms. The quantitative estimate of drug-likeness (QED) is 0.872. The first-order valence-electron chi connectivity index (χ1n) is 6.88. The Labute approximate surface area is 108 Å². The van der Waals surface area contributed by atoms with Gasteiger partial charge in [-0.05, 0) is 44.7 Å². The molecule has 3 unspecified atom stereocenters. The number of hydrogen-bond acceptors (Lipinski definition) is 2. The highest BCUT2D eigenvalue weighted by Crippen LogP contribution is 2.41. The monoisotopic (exact) mass is 248 g/mol. The van der Waals surface area contributed by atoms with Gasteiger partial charge >= 0.3 is 0 Å². The number of nitrogens with two attached hydrogens (primary N) is 1. The molecular formula is C15H21FN2. The van der Waals surface area contributed by atoms with Crippen molar-refractivity contribution in [3.8, 4) is 0 Å². The van der Waals surface area contributed by atoms with Gasteiger partial charge in [-0.15, -0.1) is 0 Å². The highest BCUT2D eigenvalue weighted by molar-refractivity contribution is 5.22. The van der Waals surface area contributed by atoms with Crippen molar-refractivity contribution >= 4 is 0 Å². The summed E-state index contributed by atoms with van der Waals surface area (Å²) >= 11 is 0. The maximum atomic E-state index is 13.8. The van der Waals surface area contributed by atoms with Crippen molar-refractivity contribution < 1.29 is 4.39 Å². The van der Waals surface area contributed by atoms with Gasteiger partial charge in [0, 0.05) is 23.7 Å². The average molecular weight is 248 g/mol. The third-order valence-electron chi connectivity index (χ3n) is 4.91. The minimum Gasteiger partial charge on any atom is -0.324 e. The molecule has 2 nitrogen and oxygen atoms in total. The Morgan fingerprint density at radius 2 is 1.83 bits per heavy atom. The zero-order valence-electron chi connectivity index (χ0n) is 10.8. The predicted octanol–water partition coefficient (Wildman–Crippen LogP) is 2.70. The summed E-state index contributed by atoms with van der Waals surface area (Å²) in [6, 6.07) is 8.12. The second-order valence-electron chi connectivity index (χ2n) is 5.83. The van der Waals surface area contributed by atoms with Gasteiger partial charge in [0.1, 0.15) is 5.82 Å². The van der Waals surface area contributed by atoms with Crippen molar-refractivity contribution in [1.82, 2.24) is 4.90 Å². The van der Waals surface area contributed by atoms with E-state index >= 15 is 0 Å². The van der Waals surface area contributed by atoms with Gasteiger partial charge in [0.2, 0.25) is 0 Å². The molecule has 0 aliphatic carbocycles. The smallest absolute Gasteiger partial charge is 0.127 e. The van der Waals surface area contributed by atoms with E-state index in [1.54, 1.807) is 6.07 Å². The van der Waals surface area contributed by atoms with E-state index in [0.717, 1.165) is 12.8 Å². The molecule has 2 saturated heterocycles. The van der Waals surface area contributed by atoms with Crippen LogP contribution in [0.5, 0.6) is 0 Å².